The highest BCUT2D eigenvalue weighted by molar-refractivity contribution is 7.80. The summed E-state index contributed by atoms with van der Waals surface area (Å²) in [5, 5.41) is 3.15. The first-order valence-electron chi connectivity index (χ1n) is 3.97. The molecule has 0 aromatic carbocycles. The lowest BCUT2D eigenvalue weighted by molar-refractivity contribution is -0.127. The monoisotopic (exact) mass is 187 g/mol. The van der Waals surface area contributed by atoms with Gasteiger partial charge in [-0.05, 0) is 19.1 Å². The Kier molecular flexibility index (Phi) is 2.86. The number of carbonyl (C=O) groups excluding carboxylic acids is 1. The average molecular weight is 187 g/mol. The lowest BCUT2D eigenvalue weighted by Gasteiger charge is -2.14. The first-order chi connectivity index (χ1) is 5.63. The number of hydrogen-bond acceptors (Lipinski definition) is 2. The molecule has 1 aliphatic rings. The summed E-state index contributed by atoms with van der Waals surface area (Å²) in [6, 6.07) is 0.106. The maximum atomic E-state index is 11.2. The minimum absolute atomic E-state index is 0.106. The van der Waals surface area contributed by atoms with Gasteiger partial charge in [0.05, 0.1) is 6.04 Å². The van der Waals surface area contributed by atoms with Crippen molar-refractivity contribution in [1.82, 2.24) is 10.2 Å². The van der Waals surface area contributed by atoms with Gasteiger partial charge >= 0.3 is 0 Å². The molecule has 0 aliphatic carbocycles. The van der Waals surface area contributed by atoms with Gasteiger partial charge in [-0.1, -0.05) is 0 Å². The maximum Gasteiger partial charge on any atom is 0.224 e. The molecule has 3 N–H and O–H groups in total. The van der Waals surface area contributed by atoms with Crippen LogP contribution in [-0.2, 0) is 4.79 Å². The number of likely N-dealkylation sites (N-methyl/N-ethyl adjacent to an activating group) is 1. The standard InChI is InChI=1S/C7H13N3OS/c1-2-10-4-5(3-6(10)11)9-7(8)12/h5H,2-4H2,1H3,(H3,8,9,12). The molecular formula is C7H13N3OS. The highest BCUT2D eigenvalue weighted by Crippen LogP contribution is 2.09. The average Bonchev–Trinajstić information content (AvgIpc) is 2.29. The molecule has 1 aliphatic heterocycles. The van der Waals surface area contributed by atoms with E-state index in [0.717, 1.165) is 6.54 Å². The van der Waals surface area contributed by atoms with Crippen molar-refractivity contribution in [3.05, 3.63) is 0 Å². The van der Waals surface area contributed by atoms with Crippen molar-refractivity contribution < 1.29 is 4.79 Å². The fourth-order valence-corrected chi connectivity index (χ4v) is 1.54. The summed E-state index contributed by atoms with van der Waals surface area (Å²) in [5.41, 5.74) is 5.30. The van der Waals surface area contributed by atoms with E-state index in [9.17, 15) is 4.79 Å². The van der Waals surface area contributed by atoms with Crippen LogP contribution < -0.4 is 11.1 Å². The number of hydrogen-bond donors (Lipinski definition) is 2. The third-order valence-corrected chi connectivity index (χ3v) is 2.06. The van der Waals surface area contributed by atoms with Crippen LogP contribution >= 0.6 is 12.2 Å². The van der Waals surface area contributed by atoms with Crippen LogP contribution in [0.4, 0.5) is 0 Å². The molecule has 0 bridgehead atoms. The molecule has 68 valence electrons. The van der Waals surface area contributed by atoms with Gasteiger partial charge in [0, 0.05) is 19.5 Å². The number of likely N-dealkylation sites (tertiary alicyclic amines) is 1. The minimum atomic E-state index is 0.106. The second-order valence-corrected chi connectivity index (χ2v) is 3.28. The van der Waals surface area contributed by atoms with Crippen LogP contribution in [0.25, 0.3) is 0 Å². The van der Waals surface area contributed by atoms with Gasteiger partial charge in [-0.25, -0.2) is 0 Å². The molecule has 0 spiro atoms. The lowest BCUT2D eigenvalue weighted by atomic mass is 10.3. The predicted molar refractivity (Wildman–Crippen MR) is 50.6 cm³/mol. The summed E-state index contributed by atoms with van der Waals surface area (Å²) in [7, 11) is 0. The van der Waals surface area contributed by atoms with E-state index in [1.807, 2.05) is 6.92 Å². The molecule has 1 unspecified atom stereocenters. The van der Waals surface area contributed by atoms with Crippen LogP contribution in [0.15, 0.2) is 0 Å². The third kappa shape index (κ3) is 2.07. The van der Waals surface area contributed by atoms with Crippen LogP contribution in [0.3, 0.4) is 0 Å². The Morgan fingerprint density at radius 3 is 3.00 bits per heavy atom. The van der Waals surface area contributed by atoms with Crippen molar-refractivity contribution in [2.75, 3.05) is 13.1 Å². The molecule has 1 fully saturated rings. The van der Waals surface area contributed by atoms with Crippen molar-refractivity contribution in [2.24, 2.45) is 5.73 Å². The molecule has 0 aromatic heterocycles. The minimum Gasteiger partial charge on any atom is -0.376 e. The van der Waals surface area contributed by atoms with Crippen molar-refractivity contribution in [1.29, 1.82) is 0 Å². The molecule has 4 nitrogen and oxygen atoms in total. The Morgan fingerprint density at radius 2 is 2.58 bits per heavy atom. The largest absolute Gasteiger partial charge is 0.376 e. The van der Waals surface area contributed by atoms with Crippen LogP contribution in [0.5, 0.6) is 0 Å². The Hall–Kier alpha value is -0.840. The van der Waals surface area contributed by atoms with E-state index < -0.39 is 0 Å². The zero-order chi connectivity index (χ0) is 9.14. The normalized spacial score (nSPS) is 22.9. The Labute approximate surface area is 77.1 Å². The van der Waals surface area contributed by atoms with E-state index in [1.165, 1.54) is 0 Å². The van der Waals surface area contributed by atoms with Crippen LogP contribution in [-0.4, -0.2) is 35.1 Å². The molecule has 1 saturated heterocycles. The van der Waals surface area contributed by atoms with Gasteiger partial charge in [0.1, 0.15) is 0 Å². The number of nitrogens with zero attached hydrogens (tertiary/aromatic N) is 1. The van der Waals surface area contributed by atoms with Crippen molar-refractivity contribution in [3.63, 3.8) is 0 Å². The van der Waals surface area contributed by atoms with Crippen molar-refractivity contribution in [3.8, 4) is 0 Å². The highest BCUT2D eigenvalue weighted by atomic mass is 32.1. The number of thiocarbonyl (C=S) groups is 1. The van der Waals surface area contributed by atoms with E-state index in [-0.39, 0.29) is 17.1 Å². The lowest BCUT2D eigenvalue weighted by Crippen LogP contribution is -2.40. The van der Waals surface area contributed by atoms with Crippen LogP contribution in [0.2, 0.25) is 0 Å². The number of nitrogens with one attached hydrogen (secondary N) is 1. The fraction of sp³-hybridized carbons (Fsp3) is 0.714. The van der Waals surface area contributed by atoms with E-state index in [0.29, 0.717) is 13.0 Å². The third-order valence-electron chi connectivity index (χ3n) is 1.94. The van der Waals surface area contributed by atoms with Crippen molar-refractivity contribution >= 4 is 23.2 Å². The van der Waals surface area contributed by atoms with E-state index in [4.69, 9.17) is 5.73 Å². The molecule has 5 heteroatoms. The van der Waals surface area contributed by atoms with Crippen molar-refractivity contribution in [2.45, 2.75) is 19.4 Å². The molecule has 1 amide bonds. The Balaban J connectivity index is 2.43. The summed E-state index contributed by atoms with van der Waals surface area (Å²) in [5.74, 6) is 0.172. The molecule has 12 heavy (non-hydrogen) atoms. The van der Waals surface area contributed by atoms with Gasteiger partial charge < -0.3 is 16.0 Å². The summed E-state index contributed by atoms with van der Waals surface area (Å²) in [4.78, 5) is 13.0. The summed E-state index contributed by atoms with van der Waals surface area (Å²) < 4.78 is 0. The molecule has 1 rings (SSSR count). The zero-order valence-corrected chi connectivity index (χ0v) is 7.86. The number of nitrogens with two attached hydrogens (primary N) is 1. The topological polar surface area (TPSA) is 58.4 Å². The summed E-state index contributed by atoms with van der Waals surface area (Å²) >= 11 is 4.68. The zero-order valence-electron chi connectivity index (χ0n) is 7.04. The van der Waals surface area contributed by atoms with Crippen LogP contribution in [0, 0.1) is 0 Å². The summed E-state index contributed by atoms with van der Waals surface area (Å²) in [6.07, 6.45) is 0.505. The smallest absolute Gasteiger partial charge is 0.224 e. The molecule has 0 radical (unpaired) electrons. The van der Waals surface area contributed by atoms with Crippen LogP contribution in [0.1, 0.15) is 13.3 Å². The predicted octanol–water partition coefficient (Wildman–Crippen LogP) is -0.560. The number of carbonyl (C=O) groups is 1. The Bertz CT molecular complexity index is 207. The van der Waals surface area contributed by atoms with E-state index in [2.05, 4.69) is 17.5 Å². The molecule has 1 atom stereocenters. The van der Waals surface area contributed by atoms with E-state index in [1.54, 1.807) is 4.90 Å². The van der Waals surface area contributed by atoms with Gasteiger partial charge in [-0.2, -0.15) is 0 Å². The number of amides is 1. The molecule has 0 aromatic rings. The van der Waals surface area contributed by atoms with E-state index >= 15 is 0 Å². The number of rotatable bonds is 2. The van der Waals surface area contributed by atoms with Gasteiger partial charge in [0.15, 0.2) is 5.11 Å². The summed E-state index contributed by atoms with van der Waals surface area (Å²) in [6.45, 7) is 3.43. The second kappa shape index (κ2) is 3.71. The molecular weight excluding hydrogens is 174 g/mol. The molecule has 0 saturated carbocycles. The van der Waals surface area contributed by atoms with Gasteiger partial charge in [0.25, 0.3) is 0 Å². The Morgan fingerprint density at radius 1 is 1.92 bits per heavy atom. The maximum absolute atomic E-state index is 11.2. The highest BCUT2D eigenvalue weighted by Gasteiger charge is 2.28. The van der Waals surface area contributed by atoms with Gasteiger partial charge in [-0.15, -0.1) is 0 Å². The fourth-order valence-electron chi connectivity index (χ4n) is 1.38. The SMILES string of the molecule is CCN1CC(NC(N)=S)CC1=O. The molecule has 1 heterocycles. The van der Waals surface area contributed by atoms with Gasteiger partial charge in [-0.3, -0.25) is 4.79 Å². The second-order valence-electron chi connectivity index (χ2n) is 2.84. The first kappa shape index (κ1) is 9.25. The quantitative estimate of drug-likeness (QED) is 0.569. The first-order valence-corrected chi connectivity index (χ1v) is 4.38. The van der Waals surface area contributed by atoms with Gasteiger partial charge in [0.2, 0.25) is 5.91 Å².